The van der Waals surface area contributed by atoms with Crippen molar-refractivity contribution in [3.05, 3.63) is 60.4 Å². The summed E-state index contributed by atoms with van der Waals surface area (Å²) in [5, 5.41) is 0.552. The van der Waals surface area contributed by atoms with Crippen molar-refractivity contribution >= 4 is 38.6 Å². The van der Waals surface area contributed by atoms with Gasteiger partial charge in [0.15, 0.2) is 0 Å². The number of methoxy groups -OCH3 is 1. The molecule has 3 heterocycles. The number of hydrogen-bond donors (Lipinski definition) is 3. The highest BCUT2D eigenvalue weighted by atomic mass is 32.2. The topological polar surface area (TPSA) is 140 Å². The Bertz CT molecular complexity index is 1350. The molecule has 11 heteroatoms. The number of aromatic amines is 1. The molecule has 2 aromatic heterocycles. The van der Waals surface area contributed by atoms with Gasteiger partial charge in [-0.25, -0.2) is 13.2 Å². The van der Waals surface area contributed by atoms with E-state index in [1.807, 2.05) is 0 Å². The maximum atomic E-state index is 13.5. The highest BCUT2D eigenvalue weighted by Gasteiger charge is 2.31. The van der Waals surface area contributed by atoms with Crippen LogP contribution in [0, 0.1) is 0 Å². The summed E-state index contributed by atoms with van der Waals surface area (Å²) < 4.78 is 35.9. The molecular formula is C24H29N5O5S. The number of nitrogen functional groups attached to an aromatic ring is 1. The van der Waals surface area contributed by atoms with E-state index >= 15 is 0 Å². The van der Waals surface area contributed by atoms with Gasteiger partial charge in [-0.05, 0) is 49.6 Å². The Hall–Kier alpha value is -3.57. The molecule has 1 saturated heterocycles. The molecule has 186 valence electrons. The minimum atomic E-state index is -4.00. The third-order valence-electron chi connectivity index (χ3n) is 6.20. The van der Waals surface area contributed by atoms with Crippen molar-refractivity contribution < 1.29 is 22.7 Å². The number of nitrogens with one attached hydrogen (secondary N) is 2. The minimum absolute atomic E-state index is 0.108. The lowest BCUT2D eigenvalue weighted by Crippen LogP contribution is -2.50. The van der Waals surface area contributed by atoms with E-state index in [2.05, 4.69) is 14.4 Å². The number of sulfonamides is 1. The van der Waals surface area contributed by atoms with Gasteiger partial charge in [-0.3, -0.25) is 4.79 Å². The lowest BCUT2D eigenvalue weighted by molar-refractivity contribution is -0.134. The predicted octanol–water partition coefficient (Wildman–Crippen LogP) is 2.01. The van der Waals surface area contributed by atoms with Crippen LogP contribution < -0.4 is 10.5 Å². The molecule has 1 amide bonds. The molecule has 0 saturated carbocycles. The van der Waals surface area contributed by atoms with E-state index < -0.39 is 22.0 Å². The Morgan fingerprint density at radius 1 is 1.20 bits per heavy atom. The SMILES string of the molecule is COC(=O)C=C1CCN(C(=O)C(CCn2cccc2N)NS(=O)(=O)c2cccc3[nH]ccc23)CC1. The number of aromatic nitrogens is 2. The van der Waals surface area contributed by atoms with Crippen molar-refractivity contribution in [2.75, 3.05) is 25.9 Å². The largest absolute Gasteiger partial charge is 0.466 e. The van der Waals surface area contributed by atoms with E-state index in [0.717, 1.165) is 5.57 Å². The van der Waals surface area contributed by atoms with Crippen molar-refractivity contribution in [1.82, 2.24) is 19.2 Å². The monoisotopic (exact) mass is 499 g/mol. The van der Waals surface area contributed by atoms with E-state index in [-0.39, 0.29) is 17.2 Å². The van der Waals surface area contributed by atoms with Crippen molar-refractivity contribution in [3.63, 3.8) is 0 Å². The maximum absolute atomic E-state index is 13.5. The van der Waals surface area contributed by atoms with Gasteiger partial charge in [0.2, 0.25) is 15.9 Å². The Balaban J connectivity index is 1.55. The lowest BCUT2D eigenvalue weighted by atomic mass is 10.0. The Morgan fingerprint density at radius 2 is 1.97 bits per heavy atom. The van der Waals surface area contributed by atoms with Crippen LogP contribution in [0.15, 0.2) is 65.3 Å². The Labute approximate surface area is 203 Å². The third-order valence-corrected chi connectivity index (χ3v) is 7.73. The molecule has 35 heavy (non-hydrogen) atoms. The van der Waals surface area contributed by atoms with Crippen molar-refractivity contribution in [2.24, 2.45) is 0 Å². The number of amides is 1. The van der Waals surface area contributed by atoms with Gasteiger partial charge in [-0.15, -0.1) is 0 Å². The zero-order chi connectivity index (χ0) is 25.0. The fraction of sp³-hybridized carbons (Fsp3) is 0.333. The van der Waals surface area contributed by atoms with Crippen molar-refractivity contribution in [1.29, 1.82) is 0 Å². The van der Waals surface area contributed by atoms with Gasteiger partial charge in [0, 0.05) is 49.0 Å². The fourth-order valence-electron chi connectivity index (χ4n) is 4.28. The summed E-state index contributed by atoms with van der Waals surface area (Å²) >= 11 is 0. The first-order chi connectivity index (χ1) is 16.8. The molecule has 0 aliphatic carbocycles. The number of ether oxygens (including phenoxy) is 1. The Morgan fingerprint density at radius 3 is 2.66 bits per heavy atom. The number of carbonyl (C=O) groups excluding carboxylic acids is 2. The third kappa shape index (κ3) is 5.57. The molecule has 1 fully saturated rings. The minimum Gasteiger partial charge on any atom is -0.466 e. The van der Waals surface area contributed by atoms with E-state index in [0.29, 0.717) is 49.2 Å². The summed E-state index contributed by atoms with van der Waals surface area (Å²) in [6, 6.07) is 9.22. The molecular weight excluding hydrogens is 470 g/mol. The molecule has 1 unspecified atom stereocenters. The number of nitrogens with zero attached hydrogens (tertiary/aromatic N) is 2. The van der Waals surface area contributed by atoms with E-state index in [4.69, 9.17) is 5.73 Å². The van der Waals surface area contributed by atoms with E-state index in [1.54, 1.807) is 52.2 Å². The number of fused-ring (bicyclic) bond motifs is 1. The number of nitrogens with two attached hydrogens (primary N) is 1. The van der Waals surface area contributed by atoms with Gasteiger partial charge in [0.25, 0.3) is 0 Å². The van der Waals surface area contributed by atoms with Crippen LogP contribution in [0.3, 0.4) is 0 Å². The summed E-state index contributed by atoms with van der Waals surface area (Å²) in [5.74, 6) is -0.196. The smallest absolute Gasteiger partial charge is 0.330 e. The van der Waals surface area contributed by atoms with E-state index in [1.165, 1.54) is 19.3 Å². The first-order valence-corrected chi connectivity index (χ1v) is 12.8. The van der Waals surface area contributed by atoms with Crippen LogP contribution in [-0.4, -0.2) is 61.0 Å². The van der Waals surface area contributed by atoms with Gasteiger partial charge in [-0.2, -0.15) is 4.72 Å². The summed E-state index contributed by atoms with van der Waals surface area (Å²) in [6.45, 7) is 1.14. The summed E-state index contributed by atoms with van der Waals surface area (Å²) in [6.07, 6.45) is 6.18. The number of anilines is 1. The number of piperidine rings is 1. The van der Waals surface area contributed by atoms with Gasteiger partial charge < -0.3 is 24.9 Å². The summed E-state index contributed by atoms with van der Waals surface area (Å²) in [4.78, 5) is 29.8. The van der Waals surface area contributed by atoms with Gasteiger partial charge >= 0.3 is 5.97 Å². The molecule has 10 nitrogen and oxygen atoms in total. The van der Waals surface area contributed by atoms with Crippen LogP contribution in [0.5, 0.6) is 0 Å². The molecule has 1 aromatic carbocycles. The standard InChI is InChI=1S/C24H29N5O5S/c1-34-23(30)16-17-8-13-29(14-9-17)24(31)20(10-15-28-12-3-6-22(28)25)27-35(32,33)21-5-2-4-19-18(21)7-11-26-19/h2-7,11-12,16,20,26-27H,8-10,13-15,25H2,1H3. The Kier molecular flexibility index (Phi) is 7.27. The average Bonchev–Trinajstić information content (AvgIpc) is 3.50. The molecule has 0 radical (unpaired) electrons. The molecule has 4 rings (SSSR count). The molecule has 1 aliphatic heterocycles. The van der Waals surface area contributed by atoms with Crippen LogP contribution in [-0.2, 0) is 30.9 Å². The molecule has 0 bridgehead atoms. The quantitative estimate of drug-likeness (QED) is 0.320. The maximum Gasteiger partial charge on any atom is 0.330 e. The number of aryl methyl sites for hydroxylation is 1. The highest BCUT2D eigenvalue weighted by Crippen LogP contribution is 2.23. The summed E-state index contributed by atoms with van der Waals surface area (Å²) in [5.41, 5.74) is 7.55. The molecule has 1 atom stereocenters. The first-order valence-electron chi connectivity index (χ1n) is 11.3. The normalized spacial score (nSPS) is 15.2. The van der Waals surface area contributed by atoms with Crippen LogP contribution >= 0.6 is 0 Å². The molecule has 3 aromatic rings. The molecule has 1 aliphatic rings. The van der Waals surface area contributed by atoms with Gasteiger partial charge in [-0.1, -0.05) is 11.6 Å². The second kappa shape index (κ2) is 10.4. The number of hydrogen-bond acceptors (Lipinski definition) is 6. The van der Waals surface area contributed by atoms with Gasteiger partial charge in [0.1, 0.15) is 11.9 Å². The highest BCUT2D eigenvalue weighted by molar-refractivity contribution is 7.89. The number of H-pyrrole nitrogens is 1. The van der Waals surface area contributed by atoms with Gasteiger partial charge in [0.05, 0.1) is 12.0 Å². The van der Waals surface area contributed by atoms with Crippen LogP contribution in [0.25, 0.3) is 10.9 Å². The number of benzene rings is 1. The second-order valence-electron chi connectivity index (χ2n) is 8.44. The molecule has 0 spiro atoms. The van der Waals surface area contributed by atoms with Crippen molar-refractivity contribution in [2.45, 2.75) is 36.7 Å². The van der Waals surface area contributed by atoms with Crippen molar-refractivity contribution in [3.8, 4) is 0 Å². The zero-order valence-corrected chi connectivity index (χ0v) is 20.3. The fourth-order valence-corrected chi connectivity index (χ4v) is 5.72. The van der Waals surface area contributed by atoms with Crippen LogP contribution in [0.4, 0.5) is 5.82 Å². The lowest BCUT2D eigenvalue weighted by Gasteiger charge is -2.32. The van der Waals surface area contributed by atoms with Crippen LogP contribution in [0.2, 0.25) is 0 Å². The predicted molar refractivity (Wildman–Crippen MR) is 132 cm³/mol. The van der Waals surface area contributed by atoms with E-state index in [9.17, 15) is 18.0 Å². The second-order valence-corrected chi connectivity index (χ2v) is 10.1. The number of likely N-dealkylation sites (tertiary alicyclic amines) is 1. The zero-order valence-electron chi connectivity index (χ0n) is 19.4. The summed E-state index contributed by atoms with van der Waals surface area (Å²) in [7, 11) is -2.68. The average molecular weight is 500 g/mol. The number of rotatable bonds is 8. The number of esters is 1. The molecule has 4 N–H and O–H groups in total. The first kappa shape index (κ1) is 24.6. The van der Waals surface area contributed by atoms with Crippen LogP contribution in [0.1, 0.15) is 19.3 Å². The number of carbonyl (C=O) groups is 2.